The summed E-state index contributed by atoms with van der Waals surface area (Å²) in [7, 11) is 0. The highest BCUT2D eigenvalue weighted by molar-refractivity contribution is 7.21. The zero-order valence-corrected chi connectivity index (χ0v) is 29.8. The Bertz CT molecular complexity index is 3180. The lowest BCUT2D eigenvalue weighted by atomic mass is 9.89. The van der Waals surface area contributed by atoms with Gasteiger partial charge in [0, 0.05) is 43.6 Å². The summed E-state index contributed by atoms with van der Waals surface area (Å²) in [4.78, 5) is 10.2. The minimum Gasteiger partial charge on any atom is -0.456 e. The van der Waals surface area contributed by atoms with Crippen LogP contribution in [0.2, 0.25) is 0 Å². The van der Waals surface area contributed by atoms with Gasteiger partial charge in [-0.25, -0.2) is 9.97 Å². The Hall–Kier alpha value is -6.88. The zero-order chi connectivity index (χ0) is 35.6. The fraction of sp³-hybridized carbons (Fsp3) is 0. The summed E-state index contributed by atoms with van der Waals surface area (Å²) < 4.78 is 7.75. The lowest BCUT2D eigenvalue weighted by Crippen LogP contribution is -1.93. The lowest BCUT2D eigenvalue weighted by molar-refractivity contribution is 0.669. The van der Waals surface area contributed by atoms with Gasteiger partial charge in [0.05, 0.1) is 21.4 Å². The third kappa shape index (κ3) is 5.03. The Balaban J connectivity index is 1.000. The molecule has 8 aromatic carbocycles. The van der Waals surface area contributed by atoms with E-state index in [9.17, 15) is 0 Å². The third-order valence-electron chi connectivity index (χ3n) is 10.5. The van der Waals surface area contributed by atoms with Crippen LogP contribution in [-0.2, 0) is 0 Å². The van der Waals surface area contributed by atoms with E-state index in [4.69, 9.17) is 14.4 Å². The molecule has 54 heavy (non-hydrogen) atoms. The summed E-state index contributed by atoms with van der Waals surface area (Å²) in [5.41, 5.74) is 13.9. The number of nitrogens with zero attached hydrogens (tertiary/aromatic N) is 2. The molecular formula is C50H30N2OS. The molecule has 0 radical (unpaired) electrons. The molecule has 0 amide bonds. The second-order valence-corrected chi connectivity index (χ2v) is 14.7. The van der Waals surface area contributed by atoms with Gasteiger partial charge in [-0.15, -0.1) is 11.3 Å². The summed E-state index contributed by atoms with van der Waals surface area (Å²) in [5, 5.41) is 6.69. The Labute approximate surface area is 315 Å². The number of para-hydroxylation sites is 2. The van der Waals surface area contributed by atoms with Crippen molar-refractivity contribution >= 4 is 65.2 Å². The van der Waals surface area contributed by atoms with Crippen molar-refractivity contribution < 1.29 is 4.42 Å². The van der Waals surface area contributed by atoms with E-state index in [1.165, 1.54) is 32.3 Å². The number of benzene rings is 8. The van der Waals surface area contributed by atoms with Crippen LogP contribution in [0.4, 0.5) is 0 Å². The third-order valence-corrected chi connectivity index (χ3v) is 11.6. The summed E-state index contributed by atoms with van der Waals surface area (Å²) in [6.45, 7) is 0. The molecule has 0 aliphatic rings. The highest BCUT2D eigenvalue weighted by atomic mass is 32.1. The van der Waals surface area contributed by atoms with Gasteiger partial charge < -0.3 is 4.42 Å². The molecule has 0 unspecified atom stereocenters. The smallest absolute Gasteiger partial charge is 0.136 e. The van der Waals surface area contributed by atoms with Gasteiger partial charge in [0.25, 0.3) is 0 Å². The van der Waals surface area contributed by atoms with Crippen LogP contribution in [0.15, 0.2) is 186 Å². The Morgan fingerprint density at radius 1 is 0.370 bits per heavy atom. The first-order valence-electron chi connectivity index (χ1n) is 18.1. The van der Waals surface area contributed by atoms with Crippen LogP contribution in [0.25, 0.3) is 109 Å². The van der Waals surface area contributed by atoms with Crippen LogP contribution in [0.5, 0.6) is 0 Å². The fourth-order valence-corrected chi connectivity index (χ4v) is 8.92. The van der Waals surface area contributed by atoms with E-state index in [1.807, 2.05) is 12.1 Å². The number of fused-ring (bicyclic) bond motifs is 7. The van der Waals surface area contributed by atoms with E-state index in [0.29, 0.717) is 0 Å². The van der Waals surface area contributed by atoms with Crippen LogP contribution in [-0.4, -0.2) is 9.97 Å². The van der Waals surface area contributed by atoms with E-state index in [-0.39, 0.29) is 0 Å². The first kappa shape index (κ1) is 30.7. The van der Waals surface area contributed by atoms with Crippen LogP contribution in [0.3, 0.4) is 0 Å². The van der Waals surface area contributed by atoms with Crippen molar-refractivity contribution in [2.75, 3.05) is 0 Å². The van der Waals surface area contributed by atoms with Crippen molar-refractivity contribution in [2.24, 2.45) is 0 Å². The second kappa shape index (κ2) is 12.4. The molecule has 0 N–H and O–H groups in total. The summed E-state index contributed by atoms with van der Waals surface area (Å²) in [6, 6.07) is 64.3. The summed E-state index contributed by atoms with van der Waals surface area (Å²) >= 11 is 1.74. The molecule has 11 rings (SSSR count). The Morgan fingerprint density at radius 3 is 1.70 bits per heavy atom. The molecule has 0 fully saturated rings. The van der Waals surface area contributed by atoms with Gasteiger partial charge in [-0.1, -0.05) is 152 Å². The molecule has 0 aliphatic heterocycles. The van der Waals surface area contributed by atoms with Crippen molar-refractivity contribution in [3.05, 3.63) is 182 Å². The molecule has 0 saturated carbocycles. The van der Waals surface area contributed by atoms with Crippen LogP contribution < -0.4 is 0 Å². The van der Waals surface area contributed by atoms with Gasteiger partial charge in [-0.05, 0) is 58.1 Å². The molecule has 3 heterocycles. The first-order valence-corrected chi connectivity index (χ1v) is 19.0. The average Bonchev–Trinajstić information content (AvgIpc) is 3.85. The number of hydrogen-bond acceptors (Lipinski definition) is 4. The quantitative estimate of drug-likeness (QED) is 0.167. The molecule has 0 bridgehead atoms. The highest BCUT2D eigenvalue weighted by Gasteiger charge is 2.21. The maximum atomic E-state index is 6.55. The van der Waals surface area contributed by atoms with E-state index in [2.05, 4.69) is 170 Å². The maximum Gasteiger partial charge on any atom is 0.136 e. The van der Waals surface area contributed by atoms with E-state index >= 15 is 0 Å². The number of rotatable bonds is 5. The van der Waals surface area contributed by atoms with Gasteiger partial charge in [-0.3, -0.25) is 0 Å². The predicted octanol–water partition coefficient (Wildman–Crippen LogP) is 14.2. The zero-order valence-electron chi connectivity index (χ0n) is 29.0. The van der Waals surface area contributed by atoms with Crippen molar-refractivity contribution in [3.63, 3.8) is 0 Å². The van der Waals surface area contributed by atoms with Gasteiger partial charge in [0.1, 0.15) is 16.2 Å². The van der Waals surface area contributed by atoms with Crippen LogP contribution >= 0.6 is 11.3 Å². The molecule has 0 aliphatic carbocycles. The largest absolute Gasteiger partial charge is 0.456 e. The van der Waals surface area contributed by atoms with Crippen LogP contribution in [0.1, 0.15) is 0 Å². The highest BCUT2D eigenvalue weighted by Crippen LogP contribution is 2.46. The fourth-order valence-electron chi connectivity index (χ4n) is 7.91. The molecule has 0 spiro atoms. The van der Waals surface area contributed by atoms with Gasteiger partial charge in [-0.2, -0.15) is 0 Å². The normalized spacial score (nSPS) is 11.7. The van der Waals surface area contributed by atoms with E-state index in [1.54, 1.807) is 11.3 Å². The monoisotopic (exact) mass is 706 g/mol. The summed E-state index contributed by atoms with van der Waals surface area (Å²) in [6.07, 6.45) is 0. The first-order chi connectivity index (χ1) is 26.7. The van der Waals surface area contributed by atoms with Crippen molar-refractivity contribution in [1.82, 2.24) is 9.97 Å². The van der Waals surface area contributed by atoms with E-state index < -0.39 is 0 Å². The number of pyridine rings is 1. The molecule has 252 valence electrons. The number of furan rings is 1. The Kier molecular flexibility index (Phi) is 7.04. The lowest BCUT2D eigenvalue weighted by Gasteiger charge is -2.16. The van der Waals surface area contributed by atoms with Crippen molar-refractivity contribution in [1.29, 1.82) is 0 Å². The molecular weight excluding hydrogens is 677 g/mol. The molecule has 3 aromatic heterocycles. The second-order valence-electron chi connectivity index (χ2n) is 13.7. The molecule has 0 atom stereocenters. The number of aromatic nitrogens is 2. The minimum atomic E-state index is 0.865. The predicted molar refractivity (Wildman–Crippen MR) is 227 cm³/mol. The van der Waals surface area contributed by atoms with Crippen molar-refractivity contribution in [2.45, 2.75) is 0 Å². The van der Waals surface area contributed by atoms with Crippen molar-refractivity contribution in [3.8, 4) is 55.2 Å². The molecule has 3 nitrogen and oxygen atoms in total. The topological polar surface area (TPSA) is 38.9 Å². The van der Waals surface area contributed by atoms with Gasteiger partial charge >= 0.3 is 0 Å². The van der Waals surface area contributed by atoms with Gasteiger partial charge in [0.2, 0.25) is 0 Å². The van der Waals surface area contributed by atoms with Gasteiger partial charge in [0.15, 0.2) is 0 Å². The molecule has 11 aromatic rings. The Morgan fingerprint density at radius 2 is 0.963 bits per heavy atom. The molecule has 0 saturated heterocycles. The standard InChI is InChI=1S/C50H30N2OS/c1-3-11-34(12-4-1)46-47-38-15-7-9-17-41(38)51-49(40(47)30-44-48(46)39-16-8-10-18-43(39)53-44)35-25-23-32(24-26-35)31-19-21-33(22-20-31)37-27-28-42-45(29-37)54-50(52-42)36-13-5-2-6-14-36/h1-30H. The number of thiazole rings is 1. The summed E-state index contributed by atoms with van der Waals surface area (Å²) in [5.74, 6) is 0. The maximum absolute atomic E-state index is 6.55. The average molecular weight is 707 g/mol. The SMILES string of the molecule is c1ccc(-c2nc3ccc(-c4ccc(-c5ccc(-c6nc7ccccc7c7c(-c8ccccc8)c8c(cc67)oc6ccccc68)cc5)cc4)cc3s2)cc1. The van der Waals surface area contributed by atoms with Crippen LogP contribution in [0, 0.1) is 0 Å². The number of hydrogen-bond donors (Lipinski definition) is 0. The minimum absolute atomic E-state index is 0.865. The molecule has 4 heteroatoms. The van der Waals surface area contributed by atoms with E-state index in [0.717, 1.165) is 76.7 Å².